The van der Waals surface area contributed by atoms with Crippen molar-refractivity contribution in [1.29, 1.82) is 0 Å². The molecule has 1 N–H and O–H groups in total. The number of carbonyl (C=O) groups is 1. The molecule has 0 spiro atoms. The summed E-state index contributed by atoms with van der Waals surface area (Å²) in [5.41, 5.74) is 0.542. The molecular weight excluding hydrogens is 402 g/mol. The molecule has 1 aliphatic carbocycles. The largest absolute Gasteiger partial charge is 0.388 e. The van der Waals surface area contributed by atoms with Gasteiger partial charge >= 0.3 is 0 Å². The Bertz CT molecular complexity index is 1070. The number of aliphatic hydroxyl groups is 1. The minimum Gasteiger partial charge on any atom is -0.388 e. The molecule has 1 saturated heterocycles. The SMILES string of the molecule is O=C(CCC1=CCCC=C1)N1CCC(O)(Cn2cnc3cc(Cl)ccc3c2=O)CC1. The molecule has 1 amide bonds. The quantitative estimate of drug-likeness (QED) is 0.792. The third-order valence-electron chi connectivity index (χ3n) is 6.00. The topological polar surface area (TPSA) is 75.4 Å². The summed E-state index contributed by atoms with van der Waals surface area (Å²) in [7, 11) is 0. The summed E-state index contributed by atoms with van der Waals surface area (Å²) in [5.74, 6) is 0.123. The van der Waals surface area contributed by atoms with E-state index < -0.39 is 5.60 Å². The van der Waals surface area contributed by atoms with E-state index in [9.17, 15) is 14.7 Å². The van der Waals surface area contributed by atoms with Gasteiger partial charge in [-0.2, -0.15) is 0 Å². The summed E-state index contributed by atoms with van der Waals surface area (Å²) in [6, 6.07) is 4.97. The molecule has 0 unspecified atom stereocenters. The van der Waals surface area contributed by atoms with Gasteiger partial charge in [0.05, 0.1) is 29.4 Å². The van der Waals surface area contributed by atoms with E-state index in [4.69, 9.17) is 11.6 Å². The Morgan fingerprint density at radius 2 is 2.03 bits per heavy atom. The van der Waals surface area contributed by atoms with Crippen molar-refractivity contribution in [3.8, 4) is 0 Å². The maximum absolute atomic E-state index is 12.8. The van der Waals surface area contributed by atoms with Crippen molar-refractivity contribution in [2.75, 3.05) is 13.1 Å². The van der Waals surface area contributed by atoms with Gasteiger partial charge in [0.25, 0.3) is 5.56 Å². The Kier molecular flexibility index (Phi) is 6.06. The van der Waals surface area contributed by atoms with E-state index in [0.29, 0.717) is 48.3 Å². The van der Waals surface area contributed by atoms with E-state index in [1.165, 1.54) is 16.5 Å². The molecule has 1 aliphatic heterocycles. The lowest BCUT2D eigenvalue weighted by Gasteiger charge is -2.38. The highest BCUT2D eigenvalue weighted by atomic mass is 35.5. The van der Waals surface area contributed by atoms with Crippen LogP contribution >= 0.6 is 11.6 Å². The Balaban J connectivity index is 1.36. The monoisotopic (exact) mass is 427 g/mol. The molecule has 2 aliphatic rings. The summed E-state index contributed by atoms with van der Waals surface area (Å²) in [5, 5.41) is 12.0. The smallest absolute Gasteiger partial charge is 0.261 e. The van der Waals surface area contributed by atoms with Crippen molar-refractivity contribution >= 4 is 28.4 Å². The van der Waals surface area contributed by atoms with Crippen LogP contribution < -0.4 is 5.56 Å². The summed E-state index contributed by atoms with van der Waals surface area (Å²) in [4.78, 5) is 31.4. The minimum atomic E-state index is -1.03. The number of piperidine rings is 1. The second-order valence-corrected chi connectivity index (χ2v) is 8.64. The van der Waals surface area contributed by atoms with Crippen molar-refractivity contribution in [3.05, 3.63) is 63.7 Å². The van der Waals surface area contributed by atoms with E-state index in [2.05, 4.69) is 23.2 Å². The van der Waals surface area contributed by atoms with Crippen LogP contribution in [-0.2, 0) is 11.3 Å². The van der Waals surface area contributed by atoms with Crippen molar-refractivity contribution in [2.45, 2.75) is 50.7 Å². The van der Waals surface area contributed by atoms with E-state index >= 15 is 0 Å². The molecule has 2 heterocycles. The van der Waals surface area contributed by atoms with Crippen LogP contribution in [0.1, 0.15) is 38.5 Å². The highest BCUT2D eigenvalue weighted by molar-refractivity contribution is 6.31. The molecule has 1 aromatic carbocycles. The summed E-state index contributed by atoms with van der Waals surface area (Å²) in [6.07, 6.45) is 12.2. The zero-order valence-electron chi connectivity index (χ0n) is 16.9. The Morgan fingerprint density at radius 1 is 1.23 bits per heavy atom. The summed E-state index contributed by atoms with van der Waals surface area (Å²) < 4.78 is 1.45. The van der Waals surface area contributed by atoms with Crippen molar-refractivity contribution in [1.82, 2.24) is 14.5 Å². The summed E-state index contributed by atoms with van der Waals surface area (Å²) in [6.45, 7) is 1.16. The Hall–Kier alpha value is -2.44. The molecular formula is C23H26ClN3O3. The maximum atomic E-state index is 12.8. The van der Waals surface area contributed by atoms with Gasteiger partial charge in [0, 0.05) is 24.5 Å². The third-order valence-corrected chi connectivity index (χ3v) is 6.23. The van der Waals surface area contributed by atoms with Crippen LogP contribution in [-0.4, -0.2) is 44.2 Å². The van der Waals surface area contributed by atoms with Crippen LogP contribution in [0.2, 0.25) is 5.02 Å². The van der Waals surface area contributed by atoms with Crippen molar-refractivity contribution in [3.63, 3.8) is 0 Å². The molecule has 7 heteroatoms. The average molecular weight is 428 g/mol. The number of halogens is 1. The Labute approximate surface area is 180 Å². The number of allylic oxidation sites excluding steroid dienone is 4. The lowest BCUT2D eigenvalue weighted by Crippen LogP contribution is -2.49. The maximum Gasteiger partial charge on any atom is 0.261 e. The third kappa shape index (κ3) is 4.65. The van der Waals surface area contributed by atoms with Gasteiger partial charge in [-0.25, -0.2) is 4.98 Å². The molecule has 0 bridgehead atoms. The minimum absolute atomic E-state index is 0.123. The van der Waals surface area contributed by atoms with Gasteiger partial charge in [-0.15, -0.1) is 0 Å². The van der Waals surface area contributed by atoms with E-state index in [1.54, 1.807) is 18.2 Å². The van der Waals surface area contributed by atoms with Gasteiger partial charge in [-0.3, -0.25) is 14.2 Å². The lowest BCUT2D eigenvalue weighted by atomic mass is 9.91. The first-order valence-corrected chi connectivity index (χ1v) is 10.8. The number of hydrogen-bond acceptors (Lipinski definition) is 4. The van der Waals surface area contributed by atoms with Gasteiger partial charge in [0.1, 0.15) is 0 Å². The zero-order valence-corrected chi connectivity index (χ0v) is 17.6. The number of benzene rings is 1. The standard InChI is InChI=1S/C23H26ClN3O3/c24-18-7-8-19-20(14-18)25-16-27(22(19)29)15-23(30)10-12-26(13-11-23)21(28)9-6-17-4-2-1-3-5-17/h2,4-5,7-8,14,16,30H,1,3,6,9-13,15H2. The van der Waals surface area contributed by atoms with Gasteiger partial charge < -0.3 is 10.0 Å². The number of likely N-dealkylation sites (tertiary alicyclic amines) is 1. The molecule has 4 rings (SSSR count). The number of amides is 1. The fourth-order valence-corrected chi connectivity index (χ4v) is 4.32. The normalized spacial score (nSPS) is 18.5. The van der Waals surface area contributed by atoms with Gasteiger partial charge in [0.15, 0.2) is 0 Å². The van der Waals surface area contributed by atoms with Crippen LogP contribution in [0.5, 0.6) is 0 Å². The molecule has 6 nitrogen and oxygen atoms in total. The van der Waals surface area contributed by atoms with E-state index in [1.807, 2.05) is 4.90 Å². The first-order chi connectivity index (χ1) is 14.4. The summed E-state index contributed by atoms with van der Waals surface area (Å²) >= 11 is 5.97. The van der Waals surface area contributed by atoms with Crippen molar-refractivity contribution in [2.24, 2.45) is 0 Å². The molecule has 30 heavy (non-hydrogen) atoms. The number of nitrogens with zero attached hydrogens (tertiary/aromatic N) is 3. The molecule has 0 radical (unpaired) electrons. The van der Waals surface area contributed by atoms with Gasteiger partial charge in [-0.05, 0) is 50.3 Å². The van der Waals surface area contributed by atoms with E-state index in [-0.39, 0.29) is 18.0 Å². The second kappa shape index (κ2) is 8.74. The first kappa shape index (κ1) is 20.8. The highest BCUT2D eigenvalue weighted by Gasteiger charge is 2.34. The van der Waals surface area contributed by atoms with Crippen LogP contribution in [0.3, 0.4) is 0 Å². The van der Waals surface area contributed by atoms with Crippen LogP contribution in [0.4, 0.5) is 0 Å². The number of hydrogen-bond donors (Lipinski definition) is 1. The van der Waals surface area contributed by atoms with E-state index in [0.717, 1.165) is 19.3 Å². The number of fused-ring (bicyclic) bond motifs is 1. The Morgan fingerprint density at radius 3 is 2.77 bits per heavy atom. The van der Waals surface area contributed by atoms with Gasteiger partial charge in [0.2, 0.25) is 5.91 Å². The van der Waals surface area contributed by atoms with Crippen LogP contribution in [0.15, 0.2) is 53.1 Å². The first-order valence-electron chi connectivity index (χ1n) is 10.4. The fourth-order valence-electron chi connectivity index (χ4n) is 4.15. The second-order valence-electron chi connectivity index (χ2n) is 8.20. The predicted molar refractivity (Wildman–Crippen MR) is 117 cm³/mol. The lowest BCUT2D eigenvalue weighted by molar-refractivity contribution is -0.135. The molecule has 0 saturated carbocycles. The molecule has 2 aromatic rings. The number of rotatable bonds is 5. The van der Waals surface area contributed by atoms with Gasteiger partial charge in [-0.1, -0.05) is 35.4 Å². The average Bonchev–Trinajstić information content (AvgIpc) is 2.75. The number of carbonyl (C=O) groups excluding carboxylic acids is 1. The molecule has 1 fully saturated rings. The van der Waals surface area contributed by atoms with Crippen molar-refractivity contribution < 1.29 is 9.90 Å². The predicted octanol–water partition coefficient (Wildman–Crippen LogP) is 3.46. The molecule has 0 atom stereocenters. The van der Waals surface area contributed by atoms with Crippen LogP contribution in [0, 0.1) is 0 Å². The number of aromatic nitrogens is 2. The fraction of sp³-hybridized carbons (Fsp3) is 0.435. The van der Waals surface area contributed by atoms with Crippen LogP contribution in [0.25, 0.3) is 10.9 Å². The molecule has 1 aromatic heterocycles. The zero-order chi connectivity index (χ0) is 21.1. The highest BCUT2D eigenvalue weighted by Crippen LogP contribution is 2.25. The molecule has 158 valence electrons.